The van der Waals surface area contributed by atoms with Gasteiger partial charge < -0.3 is 4.74 Å². The predicted molar refractivity (Wildman–Crippen MR) is 56.9 cm³/mol. The molecule has 1 aromatic rings. The van der Waals surface area contributed by atoms with E-state index in [1.807, 2.05) is 6.92 Å². The molecule has 0 saturated carbocycles. The summed E-state index contributed by atoms with van der Waals surface area (Å²) < 4.78 is 5.04. The molecular formula is C10H15ClN2O. The molecule has 1 rings (SSSR count). The number of methoxy groups -OCH3 is 1. The lowest BCUT2D eigenvalue weighted by Gasteiger charge is -2.15. The van der Waals surface area contributed by atoms with Crippen LogP contribution in [0.5, 0.6) is 5.88 Å². The number of halogens is 1. The lowest BCUT2D eigenvalue weighted by Crippen LogP contribution is -2.12. The van der Waals surface area contributed by atoms with Gasteiger partial charge in [-0.25, -0.2) is 4.98 Å². The van der Waals surface area contributed by atoms with Gasteiger partial charge in [-0.15, -0.1) is 11.6 Å². The maximum absolute atomic E-state index is 6.05. The van der Waals surface area contributed by atoms with E-state index in [0.29, 0.717) is 5.88 Å². The number of nitrogens with zero attached hydrogens (tertiary/aromatic N) is 2. The van der Waals surface area contributed by atoms with Crippen molar-refractivity contribution in [2.75, 3.05) is 7.11 Å². The van der Waals surface area contributed by atoms with Gasteiger partial charge in [0.05, 0.1) is 7.11 Å². The molecule has 0 aliphatic rings. The quantitative estimate of drug-likeness (QED) is 0.723. The van der Waals surface area contributed by atoms with E-state index in [0.717, 1.165) is 12.2 Å². The fourth-order valence-corrected chi connectivity index (χ4v) is 1.65. The molecule has 1 aromatic heterocycles. The van der Waals surface area contributed by atoms with Gasteiger partial charge in [0.25, 0.3) is 0 Å². The minimum absolute atomic E-state index is 0.0344. The summed E-state index contributed by atoms with van der Waals surface area (Å²) in [5.74, 6) is 1.53. The third-order valence-electron chi connectivity index (χ3n) is 2.18. The van der Waals surface area contributed by atoms with Gasteiger partial charge in [-0.05, 0) is 13.3 Å². The molecule has 0 saturated heterocycles. The summed E-state index contributed by atoms with van der Waals surface area (Å²) in [7, 11) is 1.59. The number of rotatable bonds is 4. The minimum atomic E-state index is 0.0344. The van der Waals surface area contributed by atoms with Crippen molar-refractivity contribution < 1.29 is 4.74 Å². The highest BCUT2D eigenvalue weighted by Gasteiger charge is 2.18. The summed E-state index contributed by atoms with van der Waals surface area (Å²) in [4.78, 5) is 8.47. The monoisotopic (exact) mass is 214 g/mol. The molecule has 0 radical (unpaired) electrons. The highest BCUT2D eigenvalue weighted by molar-refractivity contribution is 6.20. The van der Waals surface area contributed by atoms with Crippen molar-refractivity contribution in [2.24, 2.45) is 0 Å². The van der Waals surface area contributed by atoms with Crippen LogP contribution in [0.3, 0.4) is 0 Å². The van der Waals surface area contributed by atoms with E-state index in [-0.39, 0.29) is 11.3 Å². The van der Waals surface area contributed by atoms with Gasteiger partial charge in [0.2, 0.25) is 5.88 Å². The summed E-state index contributed by atoms with van der Waals surface area (Å²) in [6, 6.07) is 1.73. The van der Waals surface area contributed by atoms with Crippen molar-refractivity contribution in [3.63, 3.8) is 0 Å². The first kappa shape index (κ1) is 11.2. The summed E-state index contributed by atoms with van der Waals surface area (Å²) in [5.41, 5.74) is 0. The van der Waals surface area contributed by atoms with E-state index < -0.39 is 0 Å². The number of aromatic nitrogens is 2. The zero-order valence-corrected chi connectivity index (χ0v) is 9.45. The van der Waals surface area contributed by atoms with Gasteiger partial charge >= 0.3 is 0 Å². The number of hydrogen-bond donors (Lipinski definition) is 0. The van der Waals surface area contributed by atoms with Crippen molar-refractivity contribution in [1.29, 1.82) is 0 Å². The summed E-state index contributed by atoms with van der Waals surface area (Å²) in [5, 5.41) is 0.0344. The fraction of sp³-hybridized carbons (Fsp3) is 0.600. The van der Waals surface area contributed by atoms with Crippen LogP contribution in [0.2, 0.25) is 0 Å². The van der Waals surface area contributed by atoms with Crippen LogP contribution in [-0.4, -0.2) is 22.5 Å². The van der Waals surface area contributed by atoms with Crippen molar-refractivity contribution in [3.8, 4) is 5.88 Å². The van der Waals surface area contributed by atoms with Crippen LogP contribution < -0.4 is 4.74 Å². The topological polar surface area (TPSA) is 35.0 Å². The molecule has 0 N–H and O–H groups in total. The molecule has 2 atom stereocenters. The van der Waals surface area contributed by atoms with Crippen LogP contribution in [0.15, 0.2) is 12.3 Å². The molecule has 0 bridgehead atoms. The molecule has 3 nitrogen and oxygen atoms in total. The van der Waals surface area contributed by atoms with Gasteiger partial charge in [-0.1, -0.05) is 6.92 Å². The number of hydrogen-bond acceptors (Lipinski definition) is 3. The van der Waals surface area contributed by atoms with Crippen molar-refractivity contribution in [3.05, 3.63) is 18.1 Å². The summed E-state index contributed by atoms with van der Waals surface area (Å²) >= 11 is 6.05. The molecular weight excluding hydrogens is 200 g/mol. The van der Waals surface area contributed by atoms with E-state index in [1.165, 1.54) is 0 Å². The second kappa shape index (κ2) is 5.15. The van der Waals surface area contributed by atoms with Crippen LogP contribution in [0.4, 0.5) is 0 Å². The van der Waals surface area contributed by atoms with E-state index in [9.17, 15) is 0 Å². The second-order valence-electron chi connectivity index (χ2n) is 3.15. The fourth-order valence-electron chi connectivity index (χ4n) is 1.36. The molecule has 4 heteroatoms. The van der Waals surface area contributed by atoms with Crippen LogP contribution in [0, 0.1) is 0 Å². The van der Waals surface area contributed by atoms with Crippen LogP contribution in [0.1, 0.15) is 32.0 Å². The molecule has 1 heterocycles. The molecule has 2 unspecified atom stereocenters. The Labute approximate surface area is 89.5 Å². The van der Waals surface area contributed by atoms with E-state index in [1.54, 1.807) is 19.4 Å². The molecule has 0 fully saturated rings. The standard InChI is InChI=1S/C10H15ClN2O/c1-4-8(7(2)11)10-12-6-5-9(13-10)14-3/h5-8H,4H2,1-3H3. The number of alkyl halides is 1. The molecule has 14 heavy (non-hydrogen) atoms. The summed E-state index contributed by atoms with van der Waals surface area (Å²) in [6.07, 6.45) is 2.63. The van der Waals surface area contributed by atoms with Gasteiger partial charge in [-0.2, -0.15) is 4.98 Å². The van der Waals surface area contributed by atoms with Crippen LogP contribution in [0.25, 0.3) is 0 Å². The Balaban J connectivity index is 2.92. The van der Waals surface area contributed by atoms with E-state index in [2.05, 4.69) is 16.9 Å². The van der Waals surface area contributed by atoms with Gasteiger partial charge in [0, 0.05) is 23.6 Å². The average Bonchev–Trinajstić information content (AvgIpc) is 2.19. The Kier molecular flexibility index (Phi) is 4.14. The molecule has 0 aromatic carbocycles. The molecule has 0 amide bonds. The highest BCUT2D eigenvalue weighted by Crippen LogP contribution is 2.24. The molecule has 0 aliphatic heterocycles. The second-order valence-corrected chi connectivity index (χ2v) is 3.84. The lowest BCUT2D eigenvalue weighted by atomic mass is 10.0. The van der Waals surface area contributed by atoms with E-state index >= 15 is 0 Å². The Bertz CT molecular complexity index is 291. The zero-order valence-electron chi connectivity index (χ0n) is 8.70. The predicted octanol–water partition coefficient (Wildman–Crippen LogP) is 2.61. The minimum Gasteiger partial charge on any atom is -0.481 e. The van der Waals surface area contributed by atoms with Gasteiger partial charge in [0.15, 0.2) is 0 Å². The first-order valence-corrected chi connectivity index (χ1v) is 5.13. The molecule has 78 valence electrons. The van der Waals surface area contributed by atoms with Crippen molar-refractivity contribution >= 4 is 11.6 Å². The highest BCUT2D eigenvalue weighted by atomic mass is 35.5. The maximum atomic E-state index is 6.05. The van der Waals surface area contributed by atoms with Crippen LogP contribution in [-0.2, 0) is 0 Å². The SMILES string of the molecule is CCC(c1nccc(OC)n1)C(C)Cl. The van der Waals surface area contributed by atoms with Crippen LogP contribution >= 0.6 is 11.6 Å². The smallest absolute Gasteiger partial charge is 0.216 e. The first-order valence-electron chi connectivity index (χ1n) is 4.70. The first-order chi connectivity index (χ1) is 6.69. The Hall–Kier alpha value is -0.830. The normalized spacial score (nSPS) is 14.9. The third kappa shape index (κ3) is 2.58. The maximum Gasteiger partial charge on any atom is 0.216 e. The van der Waals surface area contributed by atoms with Gasteiger partial charge in [0.1, 0.15) is 5.82 Å². The third-order valence-corrected chi connectivity index (χ3v) is 2.49. The Morgan fingerprint density at radius 1 is 1.57 bits per heavy atom. The van der Waals surface area contributed by atoms with E-state index in [4.69, 9.17) is 16.3 Å². The number of ether oxygens (including phenoxy) is 1. The van der Waals surface area contributed by atoms with Gasteiger partial charge in [-0.3, -0.25) is 0 Å². The average molecular weight is 215 g/mol. The van der Waals surface area contributed by atoms with Crippen molar-refractivity contribution in [2.45, 2.75) is 31.6 Å². The van der Waals surface area contributed by atoms with Crippen molar-refractivity contribution in [1.82, 2.24) is 9.97 Å². The molecule has 0 spiro atoms. The Morgan fingerprint density at radius 2 is 2.29 bits per heavy atom. The largest absolute Gasteiger partial charge is 0.481 e. The summed E-state index contributed by atoms with van der Waals surface area (Å²) in [6.45, 7) is 4.03. The Morgan fingerprint density at radius 3 is 2.79 bits per heavy atom. The zero-order chi connectivity index (χ0) is 10.6. The molecule has 0 aliphatic carbocycles. The lowest BCUT2D eigenvalue weighted by molar-refractivity contribution is 0.392.